The molecular formula is C17H22Cl2N3O2+. The van der Waals surface area contributed by atoms with Crippen LogP contribution in [0.5, 0.6) is 0 Å². The number of nitrogens with one attached hydrogen (secondary N) is 2. The molecule has 0 unspecified atom stereocenters. The van der Waals surface area contributed by atoms with Gasteiger partial charge < -0.3 is 10.2 Å². The predicted octanol–water partition coefficient (Wildman–Crippen LogP) is 2.03. The van der Waals surface area contributed by atoms with E-state index < -0.39 is 5.54 Å². The SMILES string of the molecule is CC1CC[NH+](CN2C(=O)N[C@](C)(c3ccc(Cl)cc3Cl)C2=O)CC1. The lowest BCUT2D eigenvalue weighted by molar-refractivity contribution is -0.913. The topological polar surface area (TPSA) is 53.9 Å². The summed E-state index contributed by atoms with van der Waals surface area (Å²) in [5.41, 5.74) is -0.585. The molecule has 24 heavy (non-hydrogen) atoms. The van der Waals surface area contributed by atoms with E-state index in [1.165, 1.54) is 9.80 Å². The van der Waals surface area contributed by atoms with Crippen LogP contribution < -0.4 is 10.2 Å². The van der Waals surface area contributed by atoms with Gasteiger partial charge in [0.05, 0.1) is 13.1 Å². The van der Waals surface area contributed by atoms with Crippen molar-refractivity contribution in [1.82, 2.24) is 10.2 Å². The van der Waals surface area contributed by atoms with E-state index in [2.05, 4.69) is 12.2 Å². The number of piperidine rings is 1. The van der Waals surface area contributed by atoms with Gasteiger partial charge in [0.25, 0.3) is 5.91 Å². The summed E-state index contributed by atoms with van der Waals surface area (Å²) in [6, 6.07) is 4.60. The average Bonchev–Trinajstić information content (AvgIpc) is 2.73. The van der Waals surface area contributed by atoms with Crippen molar-refractivity contribution in [2.45, 2.75) is 32.2 Å². The van der Waals surface area contributed by atoms with Gasteiger partial charge in [-0.3, -0.25) is 4.79 Å². The van der Waals surface area contributed by atoms with Gasteiger partial charge in [-0.25, -0.2) is 9.69 Å². The van der Waals surface area contributed by atoms with Crippen LogP contribution in [0.2, 0.25) is 10.0 Å². The molecule has 1 aromatic rings. The number of hydrogen-bond acceptors (Lipinski definition) is 2. The highest BCUT2D eigenvalue weighted by Gasteiger charge is 2.51. The smallest absolute Gasteiger partial charge is 0.319 e. The number of rotatable bonds is 3. The number of likely N-dealkylation sites (tertiary alicyclic amines) is 1. The Balaban J connectivity index is 1.80. The normalized spacial score (nSPS) is 30.6. The molecule has 0 aromatic heterocycles. The number of nitrogens with zero attached hydrogens (tertiary/aromatic N) is 1. The van der Waals surface area contributed by atoms with Crippen LogP contribution in [0.1, 0.15) is 32.3 Å². The van der Waals surface area contributed by atoms with Crippen LogP contribution in [-0.2, 0) is 10.3 Å². The second-order valence-corrected chi connectivity index (χ2v) is 7.85. The molecule has 2 fully saturated rings. The first kappa shape index (κ1) is 17.5. The predicted molar refractivity (Wildman–Crippen MR) is 93.2 cm³/mol. The number of benzene rings is 1. The highest BCUT2D eigenvalue weighted by Crippen LogP contribution is 2.34. The Morgan fingerprint density at radius 3 is 2.58 bits per heavy atom. The van der Waals surface area contributed by atoms with E-state index >= 15 is 0 Å². The van der Waals surface area contributed by atoms with Crippen molar-refractivity contribution in [2.24, 2.45) is 5.92 Å². The van der Waals surface area contributed by atoms with E-state index in [4.69, 9.17) is 23.2 Å². The molecule has 130 valence electrons. The molecule has 0 spiro atoms. The second-order valence-electron chi connectivity index (χ2n) is 7.00. The molecule has 2 heterocycles. The van der Waals surface area contributed by atoms with Gasteiger partial charge in [-0.2, -0.15) is 0 Å². The number of quaternary nitrogens is 1. The van der Waals surface area contributed by atoms with Crippen LogP contribution >= 0.6 is 23.2 Å². The molecule has 2 saturated heterocycles. The molecule has 2 aliphatic heterocycles. The maximum absolute atomic E-state index is 13.0. The monoisotopic (exact) mass is 370 g/mol. The van der Waals surface area contributed by atoms with E-state index in [-0.39, 0.29) is 11.9 Å². The molecule has 0 saturated carbocycles. The summed E-state index contributed by atoms with van der Waals surface area (Å²) < 4.78 is 0. The maximum atomic E-state index is 13.0. The quantitative estimate of drug-likeness (QED) is 0.799. The molecule has 2 aliphatic rings. The lowest BCUT2D eigenvalue weighted by Crippen LogP contribution is -3.14. The molecule has 0 aliphatic carbocycles. The van der Waals surface area contributed by atoms with Crippen LogP contribution in [0.15, 0.2) is 18.2 Å². The molecule has 2 N–H and O–H groups in total. The molecule has 5 nitrogen and oxygen atoms in total. The molecule has 3 amide bonds. The molecule has 3 rings (SSSR count). The van der Waals surface area contributed by atoms with E-state index in [9.17, 15) is 9.59 Å². The Morgan fingerprint density at radius 2 is 1.96 bits per heavy atom. The summed E-state index contributed by atoms with van der Waals surface area (Å²) in [6.07, 6.45) is 2.25. The fourth-order valence-electron chi connectivity index (χ4n) is 3.47. The molecule has 0 bridgehead atoms. The van der Waals surface area contributed by atoms with Crippen LogP contribution in [-0.4, -0.2) is 36.6 Å². The minimum Gasteiger partial charge on any atom is -0.319 e. The summed E-state index contributed by atoms with van der Waals surface area (Å²) >= 11 is 12.2. The zero-order chi connectivity index (χ0) is 17.5. The summed E-state index contributed by atoms with van der Waals surface area (Å²) in [5.74, 6) is 0.456. The first-order valence-electron chi connectivity index (χ1n) is 8.24. The Labute approximate surface area is 151 Å². The first-order valence-corrected chi connectivity index (χ1v) is 9.00. The van der Waals surface area contributed by atoms with Crippen LogP contribution in [0.3, 0.4) is 0 Å². The third kappa shape index (κ3) is 3.13. The molecule has 7 heteroatoms. The number of imide groups is 1. The van der Waals surface area contributed by atoms with Crippen molar-refractivity contribution < 1.29 is 14.5 Å². The minimum atomic E-state index is -1.15. The number of carbonyl (C=O) groups excluding carboxylic acids is 2. The number of amides is 3. The van der Waals surface area contributed by atoms with Gasteiger partial charge in [0, 0.05) is 15.6 Å². The fourth-order valence-corrected chi connectivity index (χ4v) is 4.07. The van der Waals surface area contributed by atoms with Crippen molar-refractivity contribution in [3.63, 3.8) is 0 Å². The lowest BCUT2D eigenvalue weighted by atomic mass is 9.92. The third-order valence-corrected chi connectivity index (χ3v) is 5.66. The van der Waals surface area contributed by atoms with Gasteiger partial charge in [0.15, 0.2) is 6.67 Å². The van der Waals surface area contributed by atoms with Gasteiger partial charge in [0.1, 0.15) is 5.54 Å². The van der Waals surface area contributed by atoms with Crippen LogP contribution in [0.25, 0.3) is 0 Å². The molecule has 1 atom stereocenters. The van der Waals surface area contributed by atoms with Gasteiger partial charge >= 0.3 is 6.03 Å². The van der Waals surface area contributed by atoms with Gasteiger partial charge in [-0.1, -0.05) is 36.2 Å². The van der Waals surface area contributed by atoms with Crippen molar-refractivity contribution in [2.75, 3.05) is 19.8 Å². The Kier molecular flexibility index (Phi) is 4.78. The number of urea groups is 1. The van der Waals surface area contributed by atoms with Crippen molar-refractivity contribution in [1.29, 1.82) is 0 Å². The summed E-state index contributed by atoms with van der Waals surface area (Å²) in [4.78, 5) is 27.9. The Bertz CT molecular complexity index is 674. The second kappa shape index (κ2) is 6.54. The zero-order valence-electron chi connectivity index (χ0n) is 13.9. The minimum absolute atomic E-state index is 0.261. The summed E-state index contributed by atoms with van der Waals surface area (Å²) in [6.45, 7) is 6.30. The van der Waals surface area contributed by atoms with Crippen molar-refractivity contribution in [3.8, 4) is 0 Å². The van der Waals surface area contributed by atoms with E-state index in [0.717, 1.165) is 31.8 Å². The highest BCUT2D eigenvalue weighted by atomic mass is 35.5. The van der Waals surface area contributed by atoms with Crippen LogP contribution in [0.4, 0.5) is 4.79 Å². The van der Waals surface area contributed by atoms with Crippen molar-refractivity contribution >= 4 is 35.1 Å². The van der Waals surface area contributed by atoms with E-state index in [1.54, 1.807) is 25.1 Å². The Morgan fingerprint density at radius 1 is 1.29 bits per heavy atom. The molecular weight excluding hydrogens is 349 g/mol. The molecule has 1 aromatic carbocycles. The zero-order valence-corrected chi connectivity index (χ0v) is 15.4. The molecule has 0 radical (unpaired) electrons. The van der Waals surface area contributed by atoms with Gasteiger partial charge in [-0.15, -0.1) is 0 Å². The lowest BCUT2D eigenvalue weighted by Gasteiger charge is -2.30. The maximum Gasteiger partial charge on any atom is 0.329 e. The van der Waals surface area contributed by atoms with Gasteiger partial charge in [-0.05, 0) is 37.8 Å². The standard InChI is InChI=1S/C17H21Cl2N3O2/c1-11-5-7-21(8-6-11)10-22-15(23)17(2,20-16(22)24)13-4-3-12(18)9-14(13)19/h3-4,9,11H,5-8,10H2,1-2H3,(H,20,24)/p+1/t17-/m1/s1. The summed E-state index contributed by atoms with van der Waals surface area (Å²) in [7, 11) is 0. The highest BCUT2D eigenvalue weighted by molar-refractivity contribution is 6.35. The largest absolute Gasteiger partial charge is 0.329 e. The fraction of sp³-hybridized carbons (Fsp3) is 0.529. The third-order valence-electron chi connectivity index (χ3n) is 5.11. The van der Waals surface area contributed by atoms with E-state index in [0.29, 0.717) is 22.3 Å². The van der Waals surface area contributed by atoms with Gasteiger partial charge in [0.2, 0.25) is 0 Å². The van der Waals surface area contributed by atoms with Crippen LogP contribution in [0, 0.1) is 5.92 Å². The number of halogens is 2. The summed E-state index contributed by atoms with van der Waals surface area (Å²) in [5, 5.41) is 3.67. The van der Waals surface area contributed by atoms with Crippen molar-refractivity contribution in [3.05, 3.63) is 33.8 Å². The van der Waals surface area contributed by atoms with E-state index in [1.807, 2.05) is 0 Å². The number of carbonyl (C=O) groups is 2. The average molecular weight is 371 g/mol. The number of hydrogen-bond donors (Lipinski definition) is 2. The Hall–Kier alpha value is -1.30. The first-order chi connectivity index (χ1) is 11.3.